The molecular formula is C24H29N7O2. The fraction of sp³-hybridized carbons (Fsp3) is 0.375. The minimum Gasteiger partial charge on any atom is -0.369 e. The number of likely N-dealkylation sites (N-methyl/N-ethyl adjacent to an activating group) is 1. The molecule has 0 radical (unpaired) electrons. The SMILES string of the molecule is CN1CCN(c2ccc(Nc3cc(N4OCC[C@@H]4c4ccc(=O)n(C)c4)ncn3)cc2)CC1. The molecule has 0 bridgehead atoms. The van der Waals surface area contributed by atoms with Gasteiger partial charge in [-0.15, -0.1) is 0 Å². The van der Waals surface area contributed by atoms with E-state index in [1.165, 1.54) is 12.0 Å². The number of piperazine rings is 1. The summed E-state index contributed by atoms with van der Waals surface area (Å²) in [7, 11) is 3.92. The number of pyridine rings is 1. The van der Waals surface area contributed by atoms with Gasteiger partial charge in [-0.05, 0) is 42.9 Å². The maximum Gasteiger partial charge on any atom is 0.250 e. The van der Waals surface area contributed by atoms with E-state index in [2.05, 4.69) is 56.4 Å². The summed E-state index contributed by atoms with van der Waals surface area (Å²) in [5.41, 5.74) is 3.19. The van der Waals surface area contributed by atoms with E-state index in [1.807, 2.05) is 23.4 Å². The molecule has 5 rings (SSSR count). The molecule has 9 nitrogen and oxygen atoms in total. The van der Waals surface area contributed by atoms with Gasteiger partial charge in [-0.3, -0.25) is 9.63 Å². The van der Waals surface area contributed by atoms with Crippen LogP contribution in [0.3, 0.4) is 0 Å². The molecule has 1 N–H and O–H groups in total. The highest BCUT2D eigenvalue weighted by Gasteiger charge is 2.29. The minimum atomic E-state index is -0.0311. The van der Waals surface area contributed by atoms with Gasteiger partial charge in [0.2, 0.25) is 5.56 Å². The molecule has 0 unspecified atom stereocenters. The Morgan fingerprint density at radius 1 is 1.00 bits per heavy atom. The van der Waals surface area contributed by atoms with E-state index in [0.29, 0.717) is 18.2 Å². The first-order chi connectivity index (χ1) is 16.1. The summed E-state index contributed by atoms with van der Waals surface area (Å²) >= 11 is 0. The monoisotopic (exact) mass is 447 g/mol. The van der Waals surface area contributed by atoms with E-state index in [9.17, 15) is 4.79 Å². The summed E-state index contributed by atoms with van der Waals surface area (Å²) in [6.45, 7) is 4.86. The average molecular weight is 448 g/mol. The Kier molecular flexibility index (Phi) is 5.97. The van der Waals surface area contributed by atoms with E-state index in [4.69, 9.17) is 4.84 Å². The maximum absolute atomic E-state index is 11.8. The van der Waals surface area contributed by atoms with Crippen LogP contribution in [0.15, 0.2) is 59.8 Å². The van der Waals surface area contributed by atoms with Gasteiger partial charge >= 0.3 is 0 Å². The zero-order chi connectivity index (χ0) is 22.8. The molecule has 2 saturated heterocycles. The second-order valence-corrected chi connectivity index (χ2v) is 8.60. The third-order valence-electron chi connectivity index (χ3n) is 6.28. The number of hydrogen-bond acceptors (Lipinski definition) is 8. The Balaban J connectivity index is 1.30. The van der Waals surface area contributed by atoms with Crippen LogP contribution in [0.25, 0.3) is 0 Å². The molecular weight excluding hydrogens is 418 g/mol. The van der Waals surface area contributed by atoms with Crippen LogP contribution in [0.4, 0.5) is 23.0 Å². The molecule has 9 heteroatoms. The first-order valence-corrected chi connectivity index (χ1v) is 11.3. The Hall–Kier alpha value is -3.43. The summed E-state index contributed by atoms with van der Waals surface area (Å²) in [6, 6.07) is 13.8. The van der Waals surface area contributed by atoms with Crippen molar-refractivity contribution in [1.82, 2.24) is 19.4 Å². The highest BCUT2D eigenvalue weighted by Crippen LogP contribution is 2.34. The van der Waals surface area contributed by atoms with Gasteiger partial charge in [-0.2, -0.15) is 0 Å². The first-order valence-electron chi connectivity index (χ1n) is 11.3. The topological polar surface area (TPSA) is 78.8 Å². The molecule has 0 aliphatic carbocycles. The van der Waals surface area contributed by atoms with Crippen molar-refractivity contribution in [2.45, 2.75) is 12.5 Å². The van der Waals surface area contributed by atoms with Crippen LogP contribution in [-0.4, -0.2) is 59.3 Å². The van der Waals surface area contributed by atoms with Crippen LogP contribution >= 0.6 is 0 Å². The van der Waals surface area contributed by atoms with Crippen LogP contribution < -0.4 is 20.8 Å². The number of hydrogen-bond donors (Lipinski definition) is 1. The fourth-order valence-corrected chi connectivity index (χ4v) is 4.31. The summed E-state index contributed by atoms with van der Waals surface area (Å²) in [6.07, 6.45) is 4.21. The number of nitrogens with one attached hydrogen (secondary N) is 1. The van der Waals surface area contributed by atoms with Crippen molar-refractivity contribution >= 4 is 23.0 Å². The summed E-state index contributed by atoms with van der Waals surface area (Å²) in [5, 5.41) is 5.18. The van der Waals surface area contributed by atoms with Crippen molar-refractivity contribution in [3.63, 3.8) is 0 Å². The van der Waals surface area contributed by atoms with Crippen LogP contribution in [0, 0.1) is 0 Å². The number of benzene rings is 1. The number of hydroxylamine groups is 1. The number of aromatic nitrogens is 3. The predicted octanol–water partition coefficient (Wildman–Crippen LogP) is 2.55. The molecule has 2 aliphatic rings. The van der Waals surface area contributed by atoms with E-state index in [0.717, 1.165) is 43.9 Å². The van der Waals surface area contributed by atoms with Crippen LogP contribution in [-0.2, 0) is 11.9 Å². The lowest BCUT2D eigenvalue weighted by Gasteiger charge is -2.34. The van der Waals surface area contributed by atoms with Crippen LogP contribution in [0.2, 0.25) is 0 Å². The van der Waals surface area contributed by atoms with Gasteiger partial charge in [0.05, 0.1) is 12.6 Å². The largest absolute Gasteiger partial charge is 0.369 e. The zero-order valence-electron chi connectivity index (χ0n) is 19.0. The number of rotatable bonds is 5. The Morgan fingerprint density at radius 3 is 2.55 bits per heavy atom. The van der Waals surface area contributed by atoms with Gasteiger partial charge < -0.3 is 19.7 Å². The van der Waals surface area contributed by atoms with E-state index >= 15 is 0 Å². The normalized spacial score (nSPS) is 19.2. The van der Waals surface area contributed by atoms with Crippen LogP contribution in [0.5, 0.6) is 0 Å². The second-order valence-electron chi connectivity index (χ2n) is 8.60. The van der Waals surface area contributed by atoms with Gasteiger partial charge in [-0.1, -0.05) is 0 Å². The van der Waals surface area contributed by atoms with E-state index in [-0.39, 0.29) is 11.6 Å². The highest BCUT2D eigenvalue weighted by atomic mass is 16.7. The van der Waals surface area contributed by atoms with E-state index in [1.54, 1.807) is 17.7 Å². The number of aryl methyl sites for hydroxylation is 1. The standard InChI is InChI=1S/C24H29N7O2/c1-28-10-12-30(13-11-28)20-6-4-19(5-7-20)27-22-15-23(26-17-25-22)31-21(9-14-33-31)18-3-8-24(32)29(2)16-18/h3-8,15-17,21H,9-14H2,1-2H3,(H,25,26,27)/t21-/m1/s1. The molecule has 0 amide bonds. The third-order valence-corrected chi connectivity index (χ3v) is 6.28. The van der Waals surface area contributed by atoms with Crippen molar-refractivity contribution in [3.05, 3.63) is 70.9 Å². The third kappa shape index (κ3) is 4.69. The molecule has 4 heterocycles. The molecule has 3 aromatic rings. The van der Waals surface area contributed by atoms with Crippen LogP contribution in [0.1, 0.15) is 18.0 Å². The molecule has 1 aromatic carbocycles. The molecule has 0 saturated carbocycles. The smallest absolute Gasteiger partial charge is 0.250 e. The van der Waals surface area contributed by atoms with Gasteiger partial charge in [0, 0.05) is 69.4 Å². The molecule has 2 aliphatic heterocycles. The Bertz CT molecular complexity index is 1160. The molecule has 33 heavy (non-hydrogen) atoms. The predicted molar refractivity (Wildman–Crippen MR) is 129 cm³/mol. The average Bonchev–Trinajstić information content (AvgIpc) is 3.32. The molecule has 2 aromatic heterocycles. The maximum atomic E-state index is 11.8. The first kappa shape index (κ1) is 21.4. The lowest BCUT2D eigenvalue weighted by Crippen LogP contribution is -2.44. The van der Waals surface area contributed by atoms with Crippen molar-refractivity contribution in [2.75, 3.05) is 55.1 Å². The molecule has 172 valence electrons. The zero-order valence-corrected chi connectivity index (χ0v) is 19.0. The molecule has 0 spiro atoms. The van der Waals surface area contributed by atoms with Crippen molar-refractivity contribution in [1.29, 1.82) is 0 Å². The minimum absolute atomic E-state index is 0.0116. The van der Waals surface area contributed by atoms with E-state index < -0.39 is 0 Å². The lowest BCUT2D eigenvalue weighted by atomic mass is 10.1. The number of nitrogens with zero attached hydrogens (tertiary/aromatic N) is 6. The van der Waals surface area contributed by atoms with Crippen molar-refractivity contribution in [2.24, 2.45) is 7.05 Å². The van der Waals surface area contributed by atoms with Crippen molar-refractivity contribution < 1.29 is 4.84 Å². The summed E-state index contributed by atoms with van der Waals surface area (Å²) in [4.78, 5) is 31.2. The summed E-state index contributed by atoms with van der Waals surface area (Å²) < 4.78 is 1.59. The Morgan fingerprint density at radius 2 is 1.79 bits per heavy atom. The molecule has 2 fully saturated rings. The van der Waals surface area contributed by atoms with Gasteiger partial charge in [0.1, 0.15) is 12.1 Å². The Labute approximate surface area is 193 Å². The van der Waals surface area contributed by atoms with Crippen molar-refractivity contribution in [3.8, 4) is 0 Å². The number of anilines is 4. The van der Waals surface area contributed by atoms with Gasteiger partial charge in [-0.25, -0.2) is 15.0 Å². The van der Waals surface area contributed by atoms with Gasteiger partial charge in [0.15, 0.2) is 5.82 Å². The summed E-state index contributed by atoms with van der Waals surface area (Å²) in [5.74, 6) is 1.37. The highest BCUT2D eigenvalue weighted by molar-refractivity contribution is 5.62. The fourth-order valence-electron chi connectivity index (χ4n) is 4.31. The van der Waals surface area contributed by atoms with Gasteiger partial charge in [0.25, 0.3) is 0 Å². The molecule has 1 atom stereocenters. The second kappa shape index (κ2) is 9.21. The lowest BCUT2D eigenvalue weighted by molar-refractivity contribution is 0.156. The quantitative estimate of drug-likeness (QED) is 0.639.